The van der Waals surface area contributed by atoms with Crippen molar-refractivity contribution in [3.05, 3.63) is 0 Å². The average Bonchev–Trinajstić information content (AvgIpc) is 2.25. The van der Waals surface area contributed by atoms with E-state index in [1.807, 2.05) is 0 Å². The topological polar surface area (TPSA) is 104 Å². The molecule has 0 aliphatic carbocycles. The molecule has 2 amide bonds. The molecule has 6 heteroatoms. The molecule has 0 spiro atoms. The Hall–Kier alpha value is -1.14. The third-order valence-electron chi connectivity index (χ3n) is 1.94. The Balaban J connectivity index is 3.85. The molecule has 88 valence electrons. The molecule has 0 aromatic rings. The summed E-state index contributed by atoms with van der Waals surface area (Å²) in [5.41, 5.74) is 5.28. The molecule has 0 aliphatic heterocycles. The lowest BCUT2D eigenvalue weighted by atomic mass is 10.2. The van der Waals surface area contributed by atoms with Gasteiger partial charge in [0.15, 0.2) is 0 Å². The number of likely N-dealkylation sites (N-methyl/N-ethyl adjacent to an activating group) is 1. The molecule has 15 heavy (non-hydrogen) atoms. The van der Waals surface area contributed by atoms with E-state index in [2.05, 4.69) is 10.6 Å². The first-order valence-electron chi connectivity index (χ1n) is 4.97. The highest BCUT2D eigenvalue weighted by Crippen LogP contribution is 1.94. The molecule has 0 saturated heterocycles. The van der Waals surface area contributed by atoms with Crippen LogP contribution in [0, 0.1) is 0 Å². The number of carbonyl (C=O) groups is 2. The van der Waals surface area contributed by atoms with Gasteiger partial charge in [-0.25, -0.2) is 0 Å². The van der Waals surface area contributed by atoms with Crippen LogP contribution in [0.25, 0.3) is 0 Å². The minimum Gasteiger partial charge on any atom is -0.394 e. The minimum absolute atomic E-state index is 0.244. The van der Waals surface area contributed by atoms with Gasteiger partial charge in [0.05, 0.1) is 6.61 Å². The molecular formula is C9H19N3O3. The van der Waals surface area contributed by atoms with Crippen LogP contribution in [0.2, 0.25) is 0 Å². The summed E-state index contributed by atoms with van der Waals surface area (Å²) in [5, 5.41) is 13.6. The Kier molecular flexibility index (Phi) is 7.57. The molecule has 0 unspecified atom stereocenters. The molecule has 0 fully saturated rings. The van der Waals surface area contributed by atoms with E-state index in [0.717, 1.165) is 6.42 Å². The van der Waals surface area contributed by atoms with E-state index in [1.54, 1.807) is 0 Å². The van der Waals surface area contributed by atoms with Gasteiger partial charge in [0.2, 0.25) is 11.8 Å². The van der Waals surface area contributed by atoms with Gasteiger partial charge in [-0.05, 0) is 19.4 Å². The number of nitrogens with two attached hydrogens (primary N) is 1. The largest absolute Gasteiger partial charge is 0.394 e. The molecule has 0 bridgehead atoms. The number of hydrogen-bond donors (Lipinski definition) is 4. The number of carbonyl (C=O) groups excluding carboxylic acids is 2. The lowest BCUT2D eigenvalue weighted by molar-refractivity contribution is -0.129. The van der Waals surface area contributed by atoms with Crippen molar-refractivity contribution in [1.29, 1.82) is 0 Å². The number of rotatable bonds is 7. The second kappa shape index (κ2) is 8.19. The molecule has 0 aromatic heterocycles. The van der Waals surface area contributed by atoms with E-state index < -0.39 is 18.6 Å². The van der Waals surface area contributed by atoms with Crippen LogP contribution in [0.15, 0.2) is 0 Å². The Morgan fingerprint density at radius 1 is 1.40 bits per heavy atom. The van der Waals surface area contributed by atoms with Crippen molar-refractivity contribution in [2.75, 3.05) is 20.2 Å². The van der Waals surface area contributed by atoms with E-state index in [-0.39, 0.29) is 5.91 Å². The molecule has 0 aliphatic rings. The van der Waals surface area contributed by atoms with Crippen LogP contribution in [-0.4, -0.2) is 43.2 Å². The van der Waals surface area contributed by atoms with Crippen LogP contribution in [0.5, 0.6) is 0 Å². The van der Waals surface area contributed by atoms with Gasteiger partial charge in [0.1, 0.15) is 6.04 Å². The van der Waals surface area contributed by atoms with Gasteiger partial charge in [0, 0.05) is 13.5 Å². The number of aliphatic hydroxyl groups is 1. The summed E-state index contributed by atoms with van der Waals surface area (Å²) in [7, 11) is 1.45. The number of unbranched alkanes of at least 4 members (excludes halogenated alkanes) is 1. The van der Waals surface area contributed by atoms with Crippen LogP contribution in [-0.2, 0) is 9.59 Å². The van der Waals surface area contributed by atoms with E-state index >= 15 is 0 Å². The van der Waals surface area contributed by atoms with Crippen molar-refractivity contribution in [3.8, 4) is 0 Å². The summed E-state index contributed by atoms with van der Waals surface area (Å²) in [5.74, 6) is -0.643. The van der Waals surface area contributed by atoms with Crippen LogP contribution >= 0.6 is 0 Å². The van der Waals surface area contributed by atoms with Gasteiger partial charge in [0.25, 0.3) is 0 Å². The maximum atomic E-state index is 11.3. The summed E-state index contributed by atoms with van der Waals surface area (Å²) >= 11 is 0. The van der Waals surface area contributed by atoms with Crippen LogP contribution in [0.1, 0.15) is 19.3 Å². The summed E-state index contributed by atoms with van der Waals surface area (Å²) in [4.78, 5) is 22.4. The van der Waals surface area contributed by atoms with Crippen LogP contribution < -0.4 is 16.4 Å². The molecule has 0 rings (SSSR count). The molecule has 6 nitrogen and oxygen atoms in total. The van der Waals surface area contributed by atoms with Gasteiger partial charge in [-0.3, -0.25) is 9.59 Å². The third-order valence-corrected chi connectivity index (χ3v) is 1.94. The zero-order chi connectivity index (χ0) is 11.7. The SMILES string of the molecule is CNC(=O)[C@H](CO)NC(=O)CCCCN. The number of amides is 2. The highest BCUT2D eigenvalue weighted by molar-refractivity contribution is 5.87. The van der Waals surface area contributed by atoms with Crippen LogP contribution in [0.4, 0.5) is 0 Å². The third kappa shape index (κ3) is 6.03. The molecular weight excluding hydrogens is 198 g/mol. The minimum atomic E-state index is -0.861. The molecule has 0 heterocycles. The van der Waals surface area contributed by atoms with E-state index in [4.69, 9.17) is 10.8 Å². The maximum absolute atomic E-state index is 11.3. The summed E-state index contributed by atoms with van der Waals surface area (Å²) in [6.07, 6.45) is 1.79. The highest BCUT2D eigenvalue weighted by Gasteiger charge is 2.17. The maximum Gasteiger partial charge on any atom is 0.244 e. The van der Waals surface area contributed by atoms with Crippen molar-refractivity contribution in [2.45, 2.75) is 25.3 Å². The summed E-state index contributed by atoms with van der Waals surface area (Å²) in [6.45, 7) is 0.147. The molecule has 0 radical (unpaired) electrons. The zero-order valence-corrected chi connectivity index (χ0v) is 8.95. The van der Waals surface area contributed by atoms with Crippen molar-refractivity contribution < 1.29 is 14.7 Å². The average molecular weight is 217 g/mol. The van der Waals surface area contributed by atoms with Gasteiger partial charge >= 0.3 is 0 Å². The van der Waals surface area contributed by atoms with Crippen molar-refractivity contribution in [1.82, 2.24) is 10.6 Å². The molecule has 5 N–H and O–H groups in total. The monoisotopic (exact) mass is 217 g/mol. The van der Waals surface area contributed by atoms with Gasteiger partial charge in [-0.15, -0.1) is 0 Å². The number of nitrogens with one attached hydrogen (secondary N) is 2. The smallest absolute Gasteiger partial charge is 0.244 e. The fraction of sp³-hybridized carbons (Fsp3) is 0.778. The lowest BCUT2D eigenvalue weighted by Crippen LogP contribution is -2.47. The first-order valence-corrected chi connectivity index (χ1v) is 4.97. The van der Waals surface area contributed by atoms with Gasteiger partial charge in [-0.1, -0.05) is 0 Å². The number of hydrogen-bond acceptors (Lipinski definition) is 4. The highest BCUT2D eigenvalue weighted by atomic mass is 16.3. The fourth-order valence-corrected chi connectivity index (χ4v) is 1.06. The van der Waals surface area contributed by atoms with Crippen LogP contribution in [0.3, 0.4) is 0 Å². The summed E-state index contributed by atoms with van der Waals surface area (Å²) < 4.78 is 0. The Labute approximate surface area is 89.2 Å². The second-order valence-corrected chi connectivity index (χ2v) is 3.16. The summed E-state index contributed by atoms with van der Waals surface area (Å²) in [6, 6.07) is -0.861. The van der Waals surface area contributed by atoms with Gasteiger partial charge < -0.3 is 21.5 Å². The normalized spacial score (nSPS) is 11.9. The van der Waals surface area contributed by atoms with Gasteiger partial charge in [-0.2, -0.15) is 0 Å². The standard InChI is InChI=1S/C9H19N3O3/c1-11-9(15)7(6-13)12-8(14)4-2-3-5-10/h7,13H,2-6,10H2,1H3,(H,11,15)(H,12,14)/t7-/m0/s1. The van der Waals surface area contributed by atoms with Crippen molar-refractivity contribution in [2.24, 2.45) is 5.73 Å². The fourth-order valence-electron chi connectivity index (χ4n) is 1.06. The first kappa shape index (κ1) is 13.9. The second-order valence-electron chi connectivity index (χ2n) is 3.16. The lowest BCUT2D eigenvalue weighted by Gasteiger charge is -2.14. The van der Waals surface area contributed by atoms with E-state index in [1.165, 1.54) is 7.05 Å². The van der Waals surface area contributed by atoms with E-state index in [9.17, 15) is 9.59 Å². The first-order chi connectivity index (χ1) is 7.15. The van der Waals surface area contributed by atoms with Crippen molar-refractivity contribution >= 4 is 11.8 Å². The Morgan fingerprint density at radius 2 is 2.07 bits per heavy atom. The quantitative estimate of drug-likeness (QED) is 0.383. The predicted molar refractivity (Wildman–Crippen MR) is 56.0 cm³/mol. The molecule has 0 aromatic carbocycles. The zero-order valence-electron chi connectivity index (χ0n) is 8.95. The molecule has 1 atom stereocenters. The van der Waals surface area contributed by atoms with Crippen molar-refractivity contribution in [3.63, 3.8) is 0 Å². The Morgan fingerprint density at radius 3 is 2.53 bits per heavy atom. The predicted octanol–water partition coefficient (Wildman–Crippen LogP) is -1.66. The Bertz CT molecular complexity index is 209. The van der Waals surface area contributed by atoms with E-state index in [0.29, 0.717) is 19.4 Å². The molecule has 0 saturated carbocycles. The number of aliphatic hydroxyl groups excluding tert-OH is 1.